The number of sulfonamides is 1. The topological polar surface area (TPSA) is 127 Å². The smallest absolute Gasteiger partial charge is 0.341 e. The summed E-state index contributed by atoms with van der Waals surface area (Å²) >= 11 is 0. The van der Waals surface area contributed by atoms with Gasteiger partial charge < -0.3 is 9.84 Å². The standard InChI is InChI=1S/C11H15NO7S2/c1-20(15,16)5-6-21(17,18)12-9-3-2-4-10(7-9)19-8-11(13)14/h2-4,7,12H,5-6,8H2,1H3,(H,13,14). The zero-order valence-electron chi connectivity index (χ0n) is 11.1. The third-order valence-corrected chi connectivity index (χ3v) is 4.68. The van der Waals surface area contributed by atoms with Crippen molar-refractivity contribution >= 4 is 31.5 Å². The highest BCUT2D eigenvalue weighted by Gasteiger charge is 2.14. The van der Waals surface area contributed by atoms with Crippen molar-refractivity contribution in [1.82, 2.24) is 0 Å². The van der Waals surface area contributed by atoms with E-state index in [0.717, 1.165) is 6.26 Å². The Kier molecular flexibility index (Phi) is 5.55. The van der Waals surface area contributed by atoms with Crippen molar-refractivity contribution in [2.45, 2.75) is 0 Å². The zero-order chi connectivity index (χ0) is 16.1. The van der Waals surface area contributed by atoms with Gasteiger partial charge in [0.1, 0.15) is 15.6 Å². The van der Waals surface area contributed by atoms with Gasteiger partial charge in [0.15, 0.2) is 6.61 Å². The fourth-order valence-corrected chi connectivity index (χ4v) is 3.96. The molecule has 2 N–H and O–H groups in total. The summed E-state index contributed by atoms with van der Waals surface area (Å²) in [5.74, 6) is -2.03. The van der Waals surface area contributed by atoms with E-state index in [9.17, 15) is 21.6 Å². The fraction of sp³-hybridized carbons (Fsp3) is 0.364. The van der Waals surface area contributed by atoms with Crippen LogP contribution in [-0.2, 0) is 24.7 Å². The van der Waals surface area contributed by atoms with Gasteiger partial charge in [-0.2, -0.15) is 0 Å². The number of carboxylic acid groups (broad SMARTS) is 1. The van der Waals surface area contributed by atoms with Crippen LogP contribution in [0.15, 0.2) is 24.3 Å². The molecular formula is C11H15NO7S2. The highest BCUT2D eigenvalue weighted by Crippen LogP contribution is 2.18. The van der Waals surface area contributed by atoms with Gasteiger partial charge in [0.25, 0.3) is 0 Å². The highest BCUT2D eigenvalue weighted by atomic mass is 32.2. The van der Waals surface area contributed by atoms with Crippen LogP contribution >= 0.6 is 0 Å². The molecule has 0 aliphatic rings. The van der Waals surface area contributed by atoms with Crippen LogP contribution in [-0.4, -0.2) is 52.3 Å². The quantitative estimate of drug-likeness (QED) is 0.680. The maximum absolute atomic E-state index is 11.7. The van der Waals surface area contributed by atoms with Crippen LogP contribution in [0.3, 0.4) is 0 Å². The molecular weight excluding hydrogens is 322 g/mol. The predicted octanol–water partition coefficient (Wildman–Crippen LogP) is -0.0637. The molecule has 1 aromatic carbocycles. The first kappa shape index (κ1) is 17.2. The van der Waals surface area contributed by atoms with Crippen LogP contribution in [0.5, 0.6) is 5.75 Å². The van der Waals surface area contributed by atoms with Crippen molar-refractivity contribution < 1.29 is 31.5 Å². The van der Waals surface area contributed by atoms with Crippen molar-refractivity contribution in [2.24, 2.45) is 0 Å². The summed E-state index contributed by atoms with van der Waals surface area (Å²) in [6.45, 7) is -0.551. The van der Waals surface area contributed by atoms with Gasteiger partial charge in [-0.05, 0) is 12.1 Å². The van der Waals surface area contributed by atoms with Crippen molar-refractivity contribution in [1.29, 1.82) is 0 Å². The lowest BCUT2D eigenvalue weighted by Crippen LogP contribution is -2.22. The van der Waals surface area contributed by atoms with Gasteiger partial charge in [-0.3, -0.25) is 4.72 Å². The average molecular weight is 337 g/mol. The van der Waals surface area contributed by atoms with Gasteiger partial charge in [0, 0.05) is 12.3 Å². The maximum Gasteiger partial charge on any atom is 0.341 e. The van der Waals surface area contributed by atoms with Crippen molar-refractivity contribution in [3.05, 3.63) is 24.3 Å². The molecule has 8 nitrogen and oxygen atoms in total. The largest absolute Gasteiger partial charge is 0.482 e. The highest BCUT2D eigenvalue weighted by molar-refractivity contribution is 7.95. The first-order valence-electron chi connectivity index (χ1n) is 5.70. The van der Waals surface area contributed by atoms with Gasteiger partial charge in [0.05, 0.1) is 17.2 Å². The molecule has 0 aromatic heterocycles. The fourth-order valence-electron chi connectivity index (χ4n) is 1.29. The third-order valence-electron chi connectivity index (χ3n) is 2.19. The molecule has 0 unspecified atom stereocenters. The number of rotatable bonds is 8. The molecule has 10 heteroatoms. The number of benzene rings is 1. The van der Waals surface area contributed by atoms with E-state index in [2.05, 4.69) is 4.72 Å². The number of carbonyl (C=O) groups is 1. The van der Waals surface area contributed by atoms with Crippen LogP contribution in [0.2, 0.25) is 0 Å². The van der Waals surface area contributed by atoms with E-state index >= 15 is 0 Å². The molecule has 0 bridgehead atoms. The number of ether oxygens (including phenoxy) is 1. The van der Waals surface area contributed by atoms with Crippen LogP contribution in [0.1, 0.15) is 0 Å². The van der Waals surface area contributed by atoms with E-state index in [1.807, 2.05) is 0 Å². The molecule has 0 aliphatic carbocycles. The summed E-state index contributed by atoms with van der Waals surface area (Å²) in [6.07, 6.45) is 0.947. The van der Waals surface area contributed by atoms with Crippen LogP contribution in [0.4, 0.5) is 5.69 Å². The van der Waals surface area contributed by atoms with Crippen molar-refractivity contribution in [3.8, 4) is 5.75 Å². The van der Waals surface area contributed by atoms with E-state index in [1.54, 1.807) is 0 Å². The molecule has 0 atom stereocenters. The summed E-state index contributed by atoms with van der Waals surface area (Å²) < 4.78 is 52.5. The molecule has 0 radical (unpaired) electrons. The summed E-state index contributed by atoms with van der Waals surface area (Å²) in [5, 5.41) is 8.48. The van der Waals surface area contributed by atoms with E-state index in [4.69, 9.17) is 9.84 Å². The molecule has 118 valence electrons. The minimum Gasteiger partial charge on any atom is -0.482 e. The predicted molar refractivity (Wildman–Crippen MR) is 76.7 cm³/mol. The van der Waals surface area contributed by atoms with Gasteiger partial charge in [-0.15, -0.1) is 0 Å². The van der Waals surface area contributed by atoms with Crippen LogP contribution in [0, 0.1) is 0 Å². The van der Waals surface area contributed by atoms with E-state index in [1.165, 1.54) is 24.3 Å². The summed E-state index contributed by atoms with van der Waals surface area (Å²) in [4.78, 5) is 10.4. The number of carboxylic acids is 1. The molecule has 0 heterocycles. The zero-order valence-corrected chi connectivity index (χ0v) is 12.8. The Hall–Kier alpha value is -1.81. The summed E-state index contributed by atoms with van der Waals surface area (Å²) in [6, 6.07) is 5.69. The number of hydrogen-bond donors (Lipinski definition) is 2. The molecule has 0 saturated heterocycles. The Morgan fingerprint density at radius 1 is 1.24 bits per heavy atom. The number of aliphatic carboxylic acids is 1. The number of hydrogen-bond acceptors (Lipinski definition) is 6. The molecule has 21 heavy (non-hydrogen) atoms. The number of nitrogens with one attached hydrogen (secondary N) is 1. The summed E-state index contributed by atoms with van der Waals surface area (Å²) in [7, 11) is -7.20. The van der Waals surface area contributed by atoms with E-state index in [-0.39, 0.29) is 11.4 Å². The van der Waals surface area contributed by atoms with Crippen LogP contribution in [0.25, 0.3) is 0 Å². The molecule has 0 amide bonds. The average Bonchev–Trinajstić information content (AvgIpc) is 2.33. The first-order valence-corrected chi connectivity index (χ1v) is 9.41. The second-order valence-corrected chi connectivity index (χ2v) is 8.36. The Balaban J connectivity index is 2.73. The molecule has 0 fully saturated rings. The van der Waals surface area contributed by atoms with Crippen molar-refractivity contribution in [3.63, 3.8) is 0 Å². The van der Waals surface area contributed by atoms with Gasteiger partial charge >= 0.3 is 5.97 Å². The van der Waals surface area contributed by atoms with Gasteiger partial charge in [0.2, 0.25) is 10.0 Å². The second kappa shape index (κ2) is 6.76. The third kappa shape index (κ3) is 7.51. The Bertz CT molecular complexity index is 710. The molecule has 0 aliphatic heterocycles. The molecule has 0 saturated carbocycles. The van der Waals surface area contributed by atoms with E-state index in [0.29, 0.717) is 0 Å². The number of anilines is 1. The Morgan fingerprint density at radius 2 is 1.90 bits per heavy atom. The van der Waals surface area contributed by atoms with Gasteiger partial charge in [-0.25, -0.2) is 21.6 Å². The van der Waals surface area contributed by atoms with Gasteiger partial charge in [-0.1, -0.05) is 6.07 Å². The maximum atomic E-state index is 11.7. The van der Waals surface area contributed by atoms with E-state index < -0.39 is 43.9 Å². The minimum absolute atomic E-state index is 0.159. The molecule has 0 spiro atoms. The monoisotopic (exact) mass is 337 g/mol. The minimum atomic E-state index is -3.82. The van der Waals surface area contributed by atoms with Crippen molar-refractivity contribution in [2.75, 3.05) is 29.1 Å². The molecule has 1 rings (SSSR count). The first-order chi connectivity index (χ1) is 9.57. The normalized spacial score (nSPS) is 11.9. The Morgan fingerprint density at radius 3 is 2.48 bits per heavy atom. The SMILES string of the molecule is CS(=O)(=O)CCS(=O)(=O)Nc1cccc(OCC(=O)O)c1. The lowest BCUT2D eigenvalue weighted by atomic mass is 10.3. The lowest BCUT2D eigenvalue weighted by molar-refractivity contribution is -0.139. The second-order valence-electron chi connectivity index (χ2n) is 4.26. The summed E-state index contributed by atoms with van der Waals surface area (Å²) in [5.41, 5.74) is 0.159. The number of sulfone groups is 1. The van der Waals surface area contributed by atoms with Crippen LogP contribution < -0.4 is 9.46 Å². The Labute approximate surface area is 122 Å². The molecule has 1 aromatic rings. The lowest BCUT2D eigenvalue weighted by Gasteiger charge is -2.09.